The molecular weight excluding hydrogens is 184 g/mol. The number of carbonyl (C=O) groups is 2. The molecule has 1 aliphatic rings. The molecule has 78 valence electrons. The number of carboxylic acids is 2. The summed E-state index contributed by atoms with van der Waals surface area (Å²) in [5.41, 5.74) is 0.0689. The summed E-state index contributed by atoms with van der Waals surface area (Å²) >= 11 is 0. The molecule has 1 saturated carbocycles. The van der Waals surface area contributed by atoms with Crippen LogP contribution in [0.3, 0.4) is 0 Å². The van der Waals surface area contributed by atoms with Crippen molar-refractivity contribution in [1.82, 2.24) is 0 Å². The van der Waals surface area contributed by atoms with Crippen LogP contribution in [-0.2, 0) is 9.59 Å². The Morgan fingerprint density at radius 3 is 1.93 bits per heavy atom. The van der Waals surface area contributed by atoms with Gasteiger partial charge in [0.1, 0.15) is 0 Å². The SMILES string of the molecule is C/C(C(=O)O)=C(\C(=O)O)C1CCCC1. The second-order valence-electron chi connectivity index (χ2n) is 3.63. The van der Waals surface area contributed by atoms with Gasteiger partial charge < -0.3 is 10.2 Å². The zero-order chi connectivity index (χ0) is 10.7. The molecule has 4 nitrogen and oxygen atoms in total. The Bertz CT molecular complexity index is 284. The molecule has 1 rings (SSSR count). The van der Waals surface area contributed by atoms with Crippen molar-refractivity contribution >= 4 is 11.9 Å². The third-order valence-corrected chi connectivity index (χ3v) is 2.72. The Kier molecular flexibility index (Phi) is 3.28. The number of aliphatic carboxylic acids is 2. The van der Waals surface area contributed by atoms with E-state index in [0.717, 1.165) is 25.7 Å². The molecular formula is C10H14O4. The van der Waals surface area contributed by atoms with Crippen LogP contribution in [0.2, 0.25) is 0 Å². The lowest BCUT2D eigenvalue weighted by atomic mass is 9.93. The number of carboxylic acid groups (broad SMARTS) is 2. The average Bonchev–Trinajstić information content (AvgIpc) is 2.56. The fraction of sp³-hybridized carbons (Fsp3) is 0.600. The molecule has 1 aliphatic carbocycles. The minimum Gasteiger partial charge on any atom is -0.478 e. The third kappa shape index (κ3) is 2.13. The van der Waals surface area contributed by atoms with E-state index in [4.69, 9.17) is 10.2 Å². The van der Waals surface area contributed by atoms with Gasteiger partial charge in [-0.25, -0.2) is 9.59 Å². The monoisotopic (exact) mass is 198 g/mol. The van der Waals surface area contributed by atoms with Gasteiger partial charge in [0.2, 0.25) is 0 Å². The van der Waals surface area contributed by atoms with Gasteiger partial charge in [-0.15, -0.1) is 0 Å². The smallest absolute Gasteiger partial charge is 0.332 e. The normalized spacial score (nSPS) is 19.2. The molecule has 0 heterocycles. The molecule has 0 aromatic rings. The molecule has 4 heteroatoms. The second kappa shape index (κ2) is 4.26. The summed E-state index contributed by atoms with van der Waals surface area (Å²) < 4.78 is 0. The number of rotatable bonds is 3. The first kappa shape index (κ1) is 10.8. The summed E-state index contributed by atoms with van der Waals surface area (Å²) in [6.45, 7) is 1.37. The molecule has 0 amide bonds. The Morgan fingerprint density at radius 2 is 1.57 bits per heavy atom. The number of hydrogen-bond acceptors (Lipinski definition) is 2. The highest BCUT2D eigenvalue weighted by molar-refractivity contribution is 5.98. The number of hydrogen-bond donors (Lipinski definition) is 2. The van der Waals surface area contributed by atoms with Crippen LogP contribution >= 0.6 is 0 Å². The van der Waals surface area contributed by atoms with E-state index in [-0.39, 0.29) is 17.1 Å². The van der Waals surface area contributed by atoms with E-state index in [1.165, 1.54) is 6.92 Å². The topological polar surface area (TPSA) is 74.6 Å². The van der Waals surface area contributed by atoms with Crippen LogP contribution in [0.1, 0.15) is 32.6 Å². The largest absolute Gasteiger partial charge is 0.478 e. The molecule has 0 radical (unpaired) electrons. The van der Waals surface area contributed by atoms with Crippen LogP contribution in [0.4, 0.5) is 0 Å². The van der Waals surface area contributed by atoms with Gasteiger partial charge in [0.15, 0.2) is 0 Å². The Balaban J connectivity index is 2.99. The van der Waals surface area contributed by atoms with Gasteiger partial charge in [-0.2, -0.15) is 0 Å². The minimum absolute atomic E-state index is 0.0237. The van der Waals surface area contributed by atoms with Crippen LogP contribution in [-0.4, -0.2) is 22.2 Å². The first-order valence-electron chi connectivity index (χ1n) is 4.71. The Morgan fingerprint density at radius 1 is 1.07 bits per heavy atom. The van der Waals surface area contributed by atoms with Crippen molar-refractivity contribution in [3.05, 3.63) is 11.1 Å². The minimum atomic E-state index is -1.13. The van der Waals surface area contributed by atoms with E-state index >= 15 is 0 Å². The lowest BCUT2D eigenvalue weighted by molar-refractivity contribution is -0.136. The van der Waals surface area contributed by atoms with Gasteiger partial charge in [0, 0.05) is 5.57 Å². The Hall–Kier alpha value is -1.32. The first-order chi connectivity index (χ1) is 6.54. The third-order valence-electron chi connectivity index (χ3n) is 2.72. The van der Waals surface area contributed by atoms with Gasteiger partial charge in [-0.3, -0.25) is 0 Å². The van der Waals surface area contributed by atoms with Crippen molar-refractivity contribution in [1.29, 1.82) is 0 Å². The fourth-order valence-electron chi connectivity index (χ4n) is 1.97. The van der Waals surface area contributed by atoms with Crippen LogP contribution in [0.5, 0.6) is 0 Å². The zero-order valence-corrected chi connectivity index (χ0v) is 8.12. The molecule has 2 N–H and O–H groups in total. The van der Waals surface area contributed by atoms with Gasteiger partial charge in [-0.1, -0.05) is 12.8 Å². The van der Waals surface area contributed by atoms with Crippen molar-refractivity contribution in [2.45, 2.75) is 32.6 Å². The summed E-state index contributed by atoms with van der Waals surface area (Å²) in [4.78, 5) is 21.6. The molecule has 0 bridgehead atoms. The fourth-order valence-corrected chi connectivity index (χ4v) is 1.97. The standard InChI is InChI=1S/C10H14O4/c1-6(9(11)12)8(10(13)14)7-4-2-3-5-7/h7H,2-5H2,1H3,(H,11,12)(H,13,14)/b8-6+. The van der Waals surface area contributed by atoms with Gasteiger partial charge in [0.05, 0.1) is 5.57 Å². The van der Waals surface area contributed by atoms with E-state index in [1.54, 1.807) is 0 Å². The highest BCUT2D eigenvalue weighted by atomic mass is 16.4. The maximum absolute atomic E-state index is 10.9. The molecule has 0 aromatic carbocycles. The quantitative estimate of drug-likeness (QED) is 0.676. The lowest BCUT2D eigenvalue weighted by Gasteiger charge is -2.11. The van der Waals surface area contributed by atoms with Gasteiger partial charge in [0.25, 0.3) is 0 Å². The second-order valence-corrected chi connectivity index (χ2v) is 3.63. The highest BCUT2D eigenvalue weighted by Crippen LogP contribution is 2.32. The lowest BCUT2D eigenvalue weighted by Crippen LogP contribution is -2.15. The van der Waals surface area contributed by atoms with E-state index in [1.807, 2.05) is 0 Å². The van der Waals surface area contributed by atoms with Crippen molar-refractivity contribution < 1.29 is 19.8 Å². The first-order valence-corrected chi connectivity index (χ1v) is 4.71. The molecule has 0 spiro atoms. The summed E-state index contributed by atoms with van der Waals surface area (Å²) in [6.07, 6.45) is 3.58. The van der Waals surface area contributed by atoms with Gasteiger partial charge >= 0.3 is 11.9 Å². The summed E-state index contributed by atoms with van der Waals surface area (Å²) in [7, 11) is 0. The predicted octanol–water partition coefficient (Wildman–Crippen LogP) is 1.66. The molecule has 0 aliphatic heterocycles. The van der Waals surface area contributed by atoms with Crippen molar-refractivity contribution in [2.75, 3.05) is 0 Å². The van der Waals surface area contributed by atoms with E-state index in [9.17, 15) is 9.59 Å². The van der Waals surface area contributed by atoms with Crippen molar-refractivity contribution in [3.63, 3.8) is 0 Å². The highest BCUT2D eigenvalue weighted by Gasteiger charge is 2.27. The van der Waals surface area contributed by atoms with E-state index in [2.05, 4.69) is 0 Å². The summed E-state index contributed by atoms with van der Waals surface area (Å²) in [6, 6.07) is 0. The van der Waals surface area contributed by atoms with E-state index in [0.29, 0.717) is 0 Å². The van der Waals surface area contributed by atoms with E-state index < -0.39 is 11.9 Å². The molecule has 0 aromatic heterocycles. The van der Waals surface area contributed by atoms with Crippen molar-refractivity contribution in [2.24, 2.45) is 5.92 Å². The summed E-state index contributed by atoms with van der Waals surface area (Å²) in [5, 5.41) is 17.7. The van der Waals surface area contributed by atoms with Crippen LogP contribution in [0.25, 0.3) is 0 Å². The maximum atomic E-state index is 10.9. The van der Waals surface area contributed by atoms with Crippen molar-refractivity contribution in [3.8, 4) is 0 Å². The summed E-state index contributed by atoms with van der Waals surface area (Å²) in [5.74, 6) is -2.28. The van der Waals surface area contributed by atoms with Crippen LogP contribution in [0.15, 0.2) is 11.1 Å². The van der Waals surface area contributed by atoms with Crippen LogP contribution < -0.4 is 0 Å². The molecule has 0 saturated heterocycles. The molecule has 14 heavy (non-hydrogen) atoms. The molecule has 0 atom stereocenters. The van der Waals surface area contributed by atoms with Crippen LogP contribution in [0, 0.1) is 5.92 Å². The molecule has 1 fully saturated rings. The Labute approximate surface area is 82.2 Å². The predicted molar refractivity (Wildman–Crippen MR) is 49.9 cm³/mol. The maximum Gasteiger partial charge on any atom is 0.332 e. The average molecular weight is 198 g/mol. The molecule has 0 unspecified atom stereocenters. The zero-order valence-electron chi connectivity index (χ0n) is 8.12. The van der Waals surface area contributed by atoms with Gasteiger partial charge in [-0.05, 0) is 25.7 Å².